The van der Waals surface area contributed by atoms with Gasteiger partial charge in [-0.1, -0.05) is 11.6 Å². The fraction of sp³-hybridized carbons (Fsp3) is 0.565. The molecule has 9 heteroatoms. The number of aliphatic hydroxyl groups is 1. The van der Waals surface area contributed by atoms with Crippen molar-refractivity contribution < 1.29 is 9.84 Å². The Labute approximate surface area is 191 Å². The standard InChI is InChI=1S/C23H27ClN6O2/c24-18-5-16-10-26-30(17-11-25-29(12-17)23-7-15(8-23)9-23)19(16)6-20(18)27-1-3-28(4-2-27)21-13-32-14-22(21)31/h5-6,10-12,15,21-22,31H,1-4,7-9,13-14H2/t15?,21-,22+,23?/m1/s1. The van der Waals surface area contributed by atoms with Gasteiger partial charge in [-0.25, -0.2) is 4.68 Å². The van der Waals surface area contributed by atoms with Gasteiger partial charge >= 0.3 is 0 Å². The lowest BCUT2D eigenvalue weighted by Gasteiger charge is -2.61. The highest BCUT2D eigenvalue weighted by Gasteiger charge is 2.58. The number of nitrogens with zero attached hydrogens (tertiary/aromatic N) is 6. The van der Waals surface area contributed by atoms with E-state index in [0.29, 0.717) is 13.2 Å². The largest absolute Gasteiger partial charge is 0.389 e. The molecule has 1 aromatic carbocycles. The first kappa shape index (κ1) is 19.3. The van der Waals surface area contributed by atoms with Crippen LogP contribution >= 0.6 is 11.6 Å². The van der Waals surface area contributed by atoms with E-state index >= 15 is 0 Å². The SMILES string of the molecule is O[C@H]1COC[C@H]1N1CCN(c2cc3c(cnn3-c3cnn(C45CC(C4)C5)c3)cc2Cl)CC1. The lowest BCUT2D eigenvalue weighted by atomic mass is 9.50. The van der Waals surface area contributed by atoms with Gasteiger partial charge in [0.05, 0.1) is 65.7 Å². The molecule has 5 fully saturated rings. The first-order valence-electron chi connectivity index (χ1n) is 11.6. The highest BCUT2D eigenvalue weighted by molar-refractivity contribution is 6.34. The summed E-state index contributed by atoms with van der Waals surface area (Å²) in [7, 11) is 0. The molecule has 2 atom stereocenters. The molecule has 2 saturated heterocycles. The zero-order valence-corrected chi connectivity index (χ0v) is 18.7. The van der Waals surface area contributed by atoms with Crippen LogP contribution in [0.25, 0.3) is 16.6 Å². The molecule has 0 unspecified atom stereocenters. The minimum atomic E-state index is -0.387. The van der Waals surface area contributed by atoms with Crippen molar-refractivity contribution in [3.05, 3.63) is 35.7 Å². The third-order valence-electron chi connectivity index (χ3n) is 8.09. The molecule has 0 radical (unpaired) electrons. The number of fused-ring (bicyclic) bond motifs is 1. The van der Waals surface area contributed by atoms with Gasteiger partial charge in [-0.3, -0.25) is 9.58 Å². The number of ether oxygens (including phenoxy) is 1. The zero-order valence-electron chi connectivity index (χ0n) is 17.9. The zero-order chi connectivity index (χ0) is 21.4. The first-order chi connectivity index (χ1) is 15.6. The van der Waals surface area contributed by atoms with Crippen molar-refractivity contribution in [2.45, 2.75) is 36.9 Å². The molecule has 0 amide bonds. The molecule has 2 aromatic heterocycles. The number of hydrogen-bond acceptors (Lipinski definition) is 6. The molecular formula is C23H27ClN6O2. The number of aliphatic hydroxyl groups excluding tert-OH is 1. The Balaban J connectivity index is 1.15. The van der Waals surface area contributed by atoms with Gasteiger partial charge in [-0.05, 0) is 37.3 Å². The molecule has 5 aliphatic rings. The molecule has 0 spiro atoms. The van der Waals surface area contributed by atoms with Gasteiger partial charge in [-0.15, -0.1) is 0 Å². The molecule has 2 aliphatic heterocycles. The summed E-state index contributed by atoms with van der Waals surface area (Å²) in [6.07, 6.45) is 9.36. The molecule has 32 heavy (non-hydrogen) atoms. The van der Waals surface area contributed by atoms with Crippen LogP contribution in [0.3, 0.4) is 0 Å². The topological polar surface area (TPSA) is 71.6 Å². The van der Waals surface area contributed by atoms with Gasteiger partial charge < -0.3 is 14.7 Å². The van der Waals surface area contributed by atoms with Crippen molar-refractivity contribution >= 4 is 28.2 Å². The van der Waals surface area contributed by atoms with E-state index in [0.717, 1.165) is 59.4 Å². The molecule has 3 aromatic rings. The Hall–Kier alpha value is -2.13. The molecule has 3 saturated carbocycles. The Kier molecular flexibility index (Phi) is 4.19. The van der Waals surface area contributed by atoms with Crippen molar-refractivity contribution in [1.29, 1.82) is 0 Å². The number of piperazine rings is 1. The monoisotopic (exact) mass is 454 g/mol. The first-order valence-corrected chi connectivity index (χ1v) is 12.0. The molecule has 8 rings (SSSR count). The number of benzene rings is 1. The van der Waals surface area contributed by atoms with E-state index in [9.17, 15) is 5.11 Å². The van der Waals surface area contributed by atoms with Crippen molar-refractivity contribution in [1.82, 2.24) is 24.5 Å². The van der Waals surface area contributed by atoms with Gasteiger partial charge in [0.25, 0.3) is 0 Å². The van der Waals surface area contributed by atoms with Crippen molar-refractivity contribution in [2.24, 2.45) is 5.92 Å². The van der Waals surface area contributed by atoms with E-state index in [-0.39, 0.29) is 17.7 Å². The fourth-order valence-electron chi connectivity index (χ4n) is 6.05. The predicted octanol–water partition coefficient (Wildman–Crippen LogP) is 2.27. The van der Waals surface area contributed by atoms with Gasteiger partial charge in [-0.2, -0.15) is 10.2 Å². The van der Waals surface area contributed by atoms with E-state index in [1.165, 1.54) is 19.3 Å². The third kappa shape index (κ3) is 2.79. The molecule has 3 aliphatic carbocycles. The van der Waals surface area contributed by atoms with Crippen LogP contribution in [0.5, 0.6) is 0 Å². The normalized spacial score (nSPS) is 32.3. The summed E-state index contributed by atoms with van der Waals surface area (Å²) in [6, 6.07) is 4.28. The number of halogens is 1. The van der Waals surface area contributed by atoms with E-state index < -0.39 is 0 Å². The van der Waals surface area contributed by atoms with E-state index in [4.69, 9.17) is 16.3 Å². The second-order valence-electron chi connectivity index (χ2n) is 9.96. The van der Waals surface area contributed by atoms with Crippen LogP contribution in [-0.2, 0) is 10.3 Å². The maximum Gasteiger partial charge on any atom is 0.103 e. The van der Waals surface area contributed by atoms with Crippen molar-refractivity contribution in [2.75, 3.05) is 44.3 Å². The van der Waals surface area contributed by atoms with Crippen molar-refractivity contribution in [3.8, 4) is 5.69 Å². The molecule has 8 nitrogen and oxygen atoms in total. The minimum Gasteiger partial charge on any atom is -0.389 e. The van der Waals surface area contributed by atoms with Crippen LogP contribution in [0, 0.1) is 5.92 Å². The summed E-state index contributed by atoms with van der Waals surface area (Å²) in [5, 5.41) is 21.3. The second kappa shape index (κ2) is 6.93. The van der Waals surface area contributed by atoms with Crippen LogP contribution in [0.2, 0.25) is 5.02 Å². The lowest BCUT2D eigenvalue weighted by molar-refractivity contribution is -0.0977. The number of hydrogen-bond donors (Lipinski definition) is 1. The number of aromatic nitrogens is 4. The highest BCUT2D eigenvalue weighted by Crippen LogP contribution is 2.62. The van der Waals surface area contributed by atoms with Gasteiger partial charge in [0.2, 0.25) is 0 Å². The molecule has 1 N–H and O–H groups in total. The maximum atomic E-state index is 10.2. The Morgan fingerprint density at radius 1 is 1.03 bits per heavy atom. The van der Waals surface area contributed by atoms with Gasteiger partial charge in [0.15, 0.2) is 0 Å². The van der Waals surface area contributed by atoms with Crippen LogP contribution in [0.4, 0.5) is 5.69 Å². The smallest absolute Gasteiger partial charge is 0.103 e. The van der Waals surface area contributed by atoms with E-state index in [2.05, 4.69) is 36.9 Å². The summed E-state index contributed by atoms with van der Waals surface area (Å²) in [6.45, 7) is 4.55. The average Bonchev–Trinajstić information content (AvgIpc) is 3.45. The summed E-state index contributed by atoms with van der Waals surface area (Å²) < 4.78 is 9.58. The number of anilines is 1. The molecule has 4 heterocycles. The molecular weight excluding hydrogens is 428 g/mol. The summed E-state index contributed by atoms with van der Waals surface area (Å²) in [4.78, 5) is 4.67. The second-order valence-corrected chi connectivity index (χ2v) is 10.4. The Morgan fingerprint density at radius 3 is 2.53 bits per heavy atom. The highest BCUT2D eigenvalue weighted by atomic mass is 35.5. The van der Waals surface area contributed by atoms with Crippen LogP contribution in [-0.4, -0.2) is 81.1 Å². The maximum absolute atomic E-state index is 10.2. The van der Waals surface area contributed by atoms with Gasteiger partial charge in [0, 0.05) is 31.6 Å². The van der Waals surface area contributed by atoms with Crippen molar-refractivity contribution in [3.63, 3.8) is 0 Å². The third-order valence-corrected chi connectivity index (χ3v) is 8.39. The van der Waals surface area contributed by atoms with Crippen LogP contribution in [0.1, 0.15) is 19.3 Å². The Bertz CT molecular complexity index is 1170. The number of rotatable bonds is 4. The predicted molar refractivity (Wildman–Crippen MR) is 122 cm³/mol. The van der Waals surface area contributed by atoms with Crippen LogP contribution in [0.15, 0.2) is 30.7 Å². The Morgan fingerprint density at radius 2 is 1.84 bits per heavy atom. The summed E-state index contributed by atoms with van der Waals surface area (Å²) in [5.41, 5.74) is 3.36. The fourth-order valence-corrected chi connectivity index (χ4v) is 6.35. The van der Waals surface area contributed by atoms with Crippen LogP contribution < -0.4 is 4.90 Å². The summed E-state index contributed by atoms with van der Waals surface area (Å²) >= 11 is 6.71. The van der Waals surface area contributed by atoms with Gasteiger partial charge in [0.1, 0.15) is 5.69 Å². The average molecular weight is 455 g/mol. The minimum absolute atomic E-state index is 0.106. The quantitative estimate of drug-likeness (QED) is 0.652. The molecule has 168 valence electrons. The summed E-state index contributed by atoms with van der Waals surface area (Å²) in [5.74, 6) is 0.919. The lowest BCUT2D eigenvalue weighted by Crippen LogP contribution is -2.59. The van der Waals surface area contributed by atoms with E-state index in [1.54, 1.807) is 0 Å². The van der Waals surface area contributed by atoms with E-state index in [1.807, 2.05) is 23.1 Å². The molecule has 2 bridgehead atoms.